The van der Waals surface area contributed by atoms with E-state index in [1.165, 1.54) is 24.0 Å². The highest BCUT2D eigenvalue weighted by Crippen LogP contribution is 2.36. The third-order valence-electron chi connectivity index (χ3n) is 4.57. The SMILES string of the molecule is CC1CC(c2cc(Nc3nccc4cc(C#N)cnc34)cc(F)c2F)N=C(N)S1.CO. The summed E-state index contributed by atoms with van der Waals surface area (Å²) in [6, 6.07) is 7.48. The Hall–Kier alpha value is -3.29. The number of amidine groups is 1. The summed E-state index contributed by atoms with van der Waals surface area (Å²) in [5.41, 5.74) is 7.23. The Morgan fingerprint density at radius 3 is 2.74 bits per heavy atom. The number of rotatable bonds is 3. The maximum atomic E-state index is 14.5. The Morgan fingerprint density at radius 1 is 1.26 bits per heavy atom. The predicted molar refractivity (Wildman–Crippen MR) is 118 cm³/mol. The quantitative estimate of drug-likeness (QED) is 0.560. The molecule has 1 aliphatic heterocycles. The minimum atomic E-state index is -0.982. The molecule has 3 heterocycles. The molecule has 2 aromatic heterocycles. The number of hydrogen-bond acceptors (Lipinski definition) is 8. The molecule has 0 bridgehead atoms. The number of hydrogen-bond donors (Lipinski definition) is 3. The second-order valence-corrected chi connectivity index (χ2v) is 8.16. The first-order valence-corrected chi connectivity index (χ1v) is 10.2. The highest BCUT2D eigenvalue weighted by atomic mass is 32.2. The summed E-state index contributed by atoms with van der Waals surface area (Å²) in [4.78, 5) is 12.8. The molecule has 0 spiro atoms. The van der Waals surface area contributed by atoms with E-state index in [-0.39, 0.29) is 10.8 Å². The number of pyridine rings is 2. The maximum absolute atomic E-state index is 14.5. The second-order valence-electron chi connectivity index (χ2n) is 6.70. The minimum absolute atomic E-state index is 0.141. The van der Waals surface area contributed by atoms with E-state index in [9.17, 15) is 8.78 Å². The molecule has 2 unspecified atom stereocenters. The molecule has 1 aromatic carbocycles. The van der Waals surface area contributed by atoms with Crippen molar-refractivity contribution in [3.8, 4) is 6.07 Å². The number of aromatic nitrogens is 2. The molecular formula is C21H20F2N6OS. The van der Waals surface area contributed by atoms with E-state index in [1.54, 1.807) is 18.3 Å². The standard InChI is InChI=1S/C20H16F2N6S.CH4O/c1-10-4-16(28-20(24)29-10)14-6-13(7-15(21)17(14)22)27-19-18-12(2-3-25-19)5-11(8-23)9-26-18;1-2/h2-3,5-7,9-10,16H,4H2,1H3,(H2,24,28)(H,25,27);2H,1H3. The molecule has 10 heteroatoms. The molecule has 0 amide bonds. The molecule has 2 atom stereocenters. The van der Waals surface area contributed by atoms with Crippen molar-refractivity contribution in [3.05, 3.63) is 59.4 Å². The molecule has 7 nitrogen and oxygen atoms in total. The van der Waals surface area contributed by atoms with E-state index in [0.717, 1.165) is 13.2 Å². The van der Waals surface area contributed by atoms with Crippen molar-refractivity contribution in [2.45, 2.75) is 24.6 Å². The maximum Gasteiger partial charge on any atom is 0.164 e. The molecule has 0 saturated heterocycles. The number of benzene rings is 1. The largest absolute Gasteiger partial charge is 0.400 e. The fraction of sp³-hybridized carbons (Fsp3) is 0.238. The Labute approximate surface area is 182 Å². The summed E-state index contributed by atoms with van der Waals surface area (Å²) >= 11 is 1.42. The second kappa shape index (κ2) is 9.68. The van der Waals surface area contributed by atoms with Crippen LogP contribution < -0.4 is 11.1 Å². The molecule has 3 aromatic rings. The summed E-state index contributed by atoms with van der Waals surface area (Å²) < 4.78 is 28.8. The van der Waals surface area contributed by atoms with Gasteiger partial charge in [-0.05, 0) is 24.6 Å². The monoisotopic (exact) mass is 442 g/mol. The molecule has 1 aliphatic rings. The van der Waals surface area contributed by atoms with Gasteiger partial charge >= 0.3 is 0 Å². The molecule has 160 valence electrons. The fourth-order valence-corrected chi connectivity index (χ4v) is 4.15. The summed E-state index contributed by atoms with van der Waals surface area (Å²) in [7, 11) is 1.00. The third kappa shape index (κ3) is 4.90. The molecule has 4 N–H and O–H groups in total. The molecule has 0 aliphatic carbocycles. The topological polar surface area (TPSA) is 120 Å². The van der Waals surface area contributed by atoms with Crippen molar-refractivity contribution in [2.75, 3.05) is 12.4 Å². The van der Waals surface area contributed by atoms with E-state index >= 15 is 0 Å². The predicted octanol–water partition coefficient (Wildman–Crippen LogP) is 4.01. The molecular weight excluding hydrogens is 422 g/mol. The first-order chi connectivity index (χ1) is 14.9. The van der Waals surface area contributed by atoms with Gasteiger partial charge in [0.2, 0.25) is 0 Å². The number of anilines is 2. The van der Waals surface area contributed by atoms with Crippen LogP contribution in [-0.4, -0.2) is 32.6 Å². The van der Waals surface area contributed by atoms with Crippen molar-refractivity contribution in [1.82, 2.24) is 9.97 Å². The Bertz CT molecular complexity index is 1180. The average molecular weight is 442 g/mol. The normalized spacial score (nSPS) is 17.9. The number of aliphatic imine (C=N–C) groups is 1. The van der Waals surface area contributed by atoms with E-state index < -0.39 is 17.7 Å². The van der Waals surface area contributed by atoms with Gasteiger partial charge in [0.15, 0.2) is 22.6 Å². The first kappa shape index (κ1) is 22.4. The lowest BCUT2D eigenvalue weighted by Crippen LogP contribution is -2.21. The van der Waals surface area contributed by atoms with Gasteiger partial charge in [-0.25, -0.2) is 13.8 Å². The fourth-order valence-electron chi connectivity index (χ4n) is 3.28. The van der Waals surface area contributed by atoms with Gasteiger partial charge < -0.3 is 16.2 Å². The molecule has 0 saturated carbocycles. The van der Waals surface area contributed by atoms with Crippen LogP contribution in [0.15, 0.2) is 41.7 Å². The van der Waals surface area contributed by atoms with Crippen molar-refractivity contribution >= 4 is 39.3 Å². The van der Waals surface area contributed by atoms with E-state index in [0.29, 0.717) is 39.6 Å². The van der Waals surface area contributed by atoms with Crippen LogP contribution in [0.4, 0.5) is 20.3 Å². The summed E-state index contributed by atoms with van der Waals surface area (Å²) in [6.45, 7) is 1.97. The van der Waals surface area contributed by atoms with E-state index in [2.05, 4.69) is 20.3 Å². The van der Waals surface area contributed by atoms with Crippen LogP contribution in [0.3, 0.4) is 0 Å². The van der Waals surface area contributed by atoms with Crippen LogP contribution in [0.25, 0.3) is 10.9 Å². The first-order valence-electron chi connectivity index (χ1n) is 9.30. The summed E-state index contributed by atoms with van der Waals surface area (Å²) in [5, 5.41) is 20.3. The number of nitriles is 1. The van der Waals surface area contributed by atoms with Crippen molar-refractivity contribution in [3.63, 3.8) is 0 Å². The van der Waals surface area contributed by atoms with Gasteiger partial charge in [-0.15, -0.1) is 0 Å². The van der Waals surface area contributed by atoms with Crippen LogP contribution in [0, 0.1) is 23.0 Å². The zero-order valence-corrected chi connectivity index (χ0v) is 17.6. The number of aliphatic hydroxyl groups is 1. The average Bonchev–Trinajstić information content (AvgIpc) is 2.76. The smallest absolute Gasteiger partial charge is 0.164 e. The van der Waals surface area contributed by atoms with Crippen LogP contribution in [-0.2, 0) is 0 Å². The van der Waals surface area contributed by atoms with Crippen LogP contribution >= 0.6 is 11.8 Å². The van der Waals surface area contributed by atoms with Gasteiger partial charge in [0.05, 0.1) is 11.6 Å². The molecule has 4 rings (SSSR count). The van der Waals surface area contributed by atoms with Gasteiger partial charge in [-0.1, -0.05) is 18.7 Å². The van der Waals surface area contributed by atoms with Gasteiger partial charge in [0.25, 0.3) is 0 Å². The number of halogens is 2. The van der Waals surface area contributed by atoms with Crippen LogP contribution in [0.5, 0.6) is 0 Å². The van der Waals surface area contributed by atoms with Gasteiger partial charge in [-0.2, -0.15) is 5.26 Å². The highest BCUT2D eigenvalue weighted by Gasteiger charge is 2.26. The zero-order chi connectivity index (χ0) is 22.5. The highest BCUT2D eigenvalue weighted by molar-refractivity contribution is 8.14. The number of nitrogens with two attached hydrogens (primary N) is 1. The molecule has 31 heavy (non-hydrogen) atoms. The lowest BCUT2D eigenvalue weighted by atomic mass is 10.0. The van der Waals surface area contributed by atoms with E-state index in [1.807, 2.05) is 13.0 Å². The number of aliphatic hydroxyl groups excluding tert-OH is 1. The number of nitrogens with one attached hydrogen (secondary N) is 1. The number of thioether (sulfide) groups is 1. The zero-order valence-electron chi connectivity index (χ0n) is 16.8. The van der Waals surface area contributed by atoms with Crippen molar-refractivity contribution in [2.24, 2.45) is 10.7 Å². The van der Waals surface area contributed by atoms with Crippen molar-refractivity contribution < 1.29 is 13.9 Å². The van der Waals surface area contributed by atoms with E-state index in [4.69, 9.17) is 16.1 Å². The summed E-state index contributed by atoms with van der Waals surface area (Å²) in [6.07, 6.45) is 3.54. The molecule has 0 fully saturated rings. The van der Waals surface area contributed by atoms with Gasteiger partial charge in [0, 0.05) is 47.5 Å². The summed E-state index contributed by atoms with van der Waals surface area (Å²) in [5.74, 6) is -1.54. The van der Waals surface area contributed by atoms with Gasteiger partial charge in [-0.3, -0.25) is 9.98 Å². The van der Waals surface area contributed by atoms with Crippen LogP contribution in [0.2, 0.25) is 0 Å². The lowest BCUT2D eigenvalue weighted by molar-refractivity contribution is 0.399. The number of nitrogens with zero attached hydrogens (tertiary/aromatic N) is 4. The van der Waals surface area contributed by atoms with Crippen LogP contribution in [0.1, 0.15) is 30.5 Å². The molecule has 0 radical (unpaired) electrons. The minimum Gasteiger partial charge on any atom is -0.400 e. The Kier molecular flexibility index (Phi) is 6.99. The Balaban J connectivity index is 0.00000132. The third-order valence-corrected chi connectivity index (χ3v) is 5.51. The Morgan fingerprint density at radius 2 is 2.03 bits per heavy atom. The number of fused-ring (bicyclic) bond motifs is 1. The van der Waals surface area contributed by atoms with Gasteiger partial charge in [0.1, 0.15) is 11.6 Å². The van der Waals surface area contributed by atoms with Crippen molar-refractivity contribution in [1.29, 1.82) is 5.26 Å². The lowest BCUT2D eigenvalue weighted by Gasteiger charge is -2.24.